The Morgan fingerprint density at radius 2 is 2.14 bits per heavy atom. The number of hydrogen-bond donors (Lipinski definition) is 3. The third-order valence-electron chi connectivity index (χ3n) is 3.03. The fourth-order valence-corrected chi connectivity index (χ4v) is 1.83. The molecule has 0 radical (unpaired) electrons. The molecule has 0 aliphatic rings. The molecule has 0 unspecified atom stereocenters. The number of benzene rings is 1. The molecule has 0 saturated heterocycles. The minimum atomic E-state index is -4.60. The SMILES string of the molecule is Cc1[nH]ncc1CNC(=O)c1cccc(C(F)(F)F)c1N. The van der Waals surface area contributed by atoms with Gasteiger partial charge in [-0.1, -0.05) is 6.07 Å². The highest BCUT2D eigenvalue weighted by molar-refractivity contribution is 5.99. The maximum Gasteiger partial charge on any atom is 0.418 e. The van der Waals surface area contributed by atoms with Crippen LogP contribution in [0.5, 0.6) is 0 Å². The second-order valence-corrected chi connectivity index (χ2v) is 4.47. The summed E-state index contributed by atoms with van der Waals surface area (Å²) in [6, 6.07) is 3.24. The summed E-state index contributed by atoms with van der Waals surface area (Å²) in [5.74, 6) is -0.667. The number of anilines is 1. The number of H-pyrrole nitrogens is 1. The first-order valence-electron chi connectivity index (χ1n) is 6.03. The minimum Gasteiger partial charge on any atom is -0.398 e. The van der Waals surface area contributed by atoms with Crippen molar-refractivity contribution in [2.45, 2.75) is 19.6 Å². The Balaban J connectivity index is 2.18. The summed E-state index contributed by atoms with van der Waals surface area (Å²) in [5, 5.41) is 9.00. The molecule has 0 spiro atoms. The molecule has 0 aliphatic carbocycles. The van der Waals surface area contributed by atoms with Gasteiger partial charge in [0.25, 0.3) is 5.91 Å². The number of carbonyl (C=O) groups is 1. The molecule has 8 heteroatoms. The number of aromatic amines is 1. The summed E-state index contributed by atoms with van der Waals surface area (Å²) in [6.07, 6.45) is -3.06. The topological polar surface area (TPSA) is 83.8 Å². The van der Waals surface area contributed by atoms with E-state index in [2.05, 4.69) is 15.5 Å². The second-order valence-electron chi connectivity index (χ2n) is 4.47. The van der Waals surface area contributed by atoms with E-state index in [4.69, 9.17) is 5.73 Å². The lowest BCUT2D eigenvalue weighted by molar-refractivity contribution is -0.136. The molecule has 4 N–H and O–H groups in total. The third kappa shape index (κ3) is 3.15. The van der Waals surface area contributed by atoms with Gasteiger partial charge in [0.15, 0.2) is 0 Å². The lowest BCUT2D eigenvalue weighted by atomic mass is 10.1. The number of para-hydroxylation sites is 1. The monoisotopic (exact) mass is 298 g/mol. The normalized spacial score (nSPS) is 11.4. The standard InChI is InChI=1S/C13H13F3N4O/c1-7-8(6-19-20-7)5-18-12(21)9-3-2-4-10(11(9)17)13(14,15)16/h2-4,6H,5,17H2,1H3,(H,18,21)(H,19,20). The van der Waals surface area contributed by atoms with Crippen molar-refractivity contribution in [3.8, 4) is 0 Å². The number of nitrogens with two attached hydrogens (primary N) is 1. The molecule has 1 amide bonds. The van der Waals surface area contributed by atoms with E-state index in [1.54, 1.807) is 6.92 Å². The summed E-state index contributed by atoms with van der Waals surface area (Å²) in [7, 11) is 0. The number of halogens is 3. The maximum absolute atomic E-state index is 12.7. The average molecular weight is 298 g/mol. The van der Waals surface area contributed by atoms with E-state index in [1.807, 2.05) is 0 Å². The molecule has 112 valence electrons. The predicted octanol–water partition coefficient (Wildman–Crippen LogP) is 2.25. The van der Waals surface area contributed by atoms with Gasteiger partial charge in [-0.3, -0.25) is 9.89 Å². The second kappa shape index (κ2) is 5.47. The summed E-state index contributed by atoms with van der Waals surface area (Å²) in [6.45, 7) is 1.92. The van der Waals surface area contributed by atoms with Crippen LogP contribution in [0.3, 0.4) is 0 Å². The third-order valence-corrected chi connectivity index (χ3v) is 3.03. The number of amides is 1. The van der Waals surface area contributed by atoms with Gasteiger partial charge in [0.2, 0.25) is 0 Å². The highest BCUT2D eigenvalue weighted by Crippen LogP contribution is 2.34. The van der Waals surface area contributed by atoms with E-state index >= 15 is 0 Å². The van der Waals surface area contributed by atoms with Gasteiger partial charge in [0.1, 0.15) is 0 Å². The zero-order chi connectivity index (χ0) is 15.6. The Morgan fingerprint density at radius 1 is 1.43 bits per heavy atom. The number of rotatable bonds is 3. The van der Waals surface area contributed by atoms with Crippen molar-refractivity contribution in [3.05, 3.63) is 46.8 Å². The van der Waals surface area contributed by atoms with Crippen molar-refractivity contribution >= 4 is 11.6 Å². The van der Waals surface area contributed by atoms with Crippen LogP contribution in [0.4, 0.5) is 18.9 Å². The quantitative estimate of drug-likeness (QED) is 0.760. The lowest BCUT2D eigenvalue weighted by Gasteiger charge is -2.13. The van der Waals surface area contributed by atoms with Crippen LogP contribution in [-0.2, 0) is 12.7 Å². The highest BCUT2D eigenvalue weighted by atomic mass is 19.4. The Kier molecular flexibility index (Phi) is 3.88. The molecule has 0 saturated carbocycles. The molecule has 0 bridgehead atoms. The zero-order valence-electron chi connectivity index (χ0n) is 11.1. The first-order chi connectivity index (χ1) is 9.80. The lowest BCUT2D eigenvalue weighted by Crippen LogP contribution is -2.25. The maximum atomic E-state index is 12.7. The van der Waals surface area contributed by atoms with Crippen LogP contribution in [0.1, 0.15) is 27.2 Å². The molecule has 21 heavy (non-hydrogen) atoms. The molecule has 0 fully saturated rings. The highest BCUT2D eigenvalue weighted by Gasteiger charge is 2.34. The molecular weight excluding hydrogens is 285 g/mol. The Bertz CT molecular complexity index is 664. The molecule has 1 aromatic heterocycles. The zero-order valence-corrected chi connectivity index (χ0v) is 11.1. The minimum absolute atomic E-state index is 0.150. The molecule has 0 atom stereocenters. The van der Waals surface area contributed by atoms with Gasteiger partial charge in [0.05, 0.1) is 23.0 Å². The first-order valence-corrected chi connectivity index (χ1v) is 6.03. The molecular formula is C13H13F3N4O. The predicted molar refractivity (Wildman–Crippen MR) is 70.4 cm³/mol. The molecule has 0 aliphatic heterocycles. The van der Waals surface area contributed by atoms with Gasteiger partial charge >= 0.3 is 6.18 Å². The van der Waals surface area contributed by atoms with E-state index in [0.717, 1.165) is 23.4 Å². The summed E-state index contributed by atoms with van der Waals surface area (Å²) in [4.78, 5) is 12.0. The fraction of sp³-hybridized carbons (Fsp3) is 0.231. The molecule has 1 heterocycles. The van der Waals surface area contributed by atoms with Gasteiger partial charge in [-0.15, -0.1) is 0 Å². The first kappa shape index (κ1) is 14.9. The fourth-order valence-electron chi connectivity index (χ4n) is 1.83. The van der Waals surface area contributed by atoms with Crippen molar-refractivity contribution < 1.29 is 18.0 Å². The van der Waals surface area contributed by atoms with Crippen LogP contribution in [-0.4, -0.2) is 16.1 Å². The average Bonchev–Trinajstić information content (AvgIpc) is 2.80. The summed E-state index contributed by atoms with van der Waals surface area (Å²) in [5.41, 5.74) is 5.17. The van der Waals surface area contributed by atoms with Crippen molar-refractivity contribution in [1.82, 2.24) is 15.5 Å². The van der Waals surface area contributed by atoms with Gasteiger partial charge in [-0.25, -0.2) is 0 Å². The molecule has 2 rings (SSSR count). The number of hydrogen-bond acceptors (Lipinski definition) is 3. The van der Waals surface area contributed by atoms with E-state index in [0.29, 0.717) is 0 Å². The van der Waals surface area contributed by atoms with E-state index in [1.165, 1.54) is 12.3 Å². The molecule has 2 aromatic rings. The number of nitrogens with zero attached hydrogens (tertiary/aromatic N) is 1. The van der Waals surface area contributed by atoms with Crippen molar-refractivity contribution in [3.63, 3.8) is 0 Å². The summed E-state index contributed by atoms with van der Waals surface area (Å²) >= 11 is 0. The van der Waals surface area contributed by atoms with E-state index in [-0.39, 0.29) is 12.1 Å². The number of aryl methyl sites for hydroxylation is 1. The van der Waals surface area contributed by atoms with Crippen molar-refractivity contribution in [1.29, 1.82) is 0 Å². The Labute approximate surface area is 118 Å². The van der Waals surface area contributed by atoms with E-state index < -0.39 is 23.3 Å². The number of carbonyl (C=O) groups excluding carboxylic acids is 1. The van der Waals surface area contributed by atoms with Gasteiger partial charge < -0.3 is 11.1 Å². The number of nitrogens with one attached hydrogen (secondary N) is 2. The van der Waals surface area contributed by atoms with Crippen molar-refractivity contribution in [2.75, 3.05) is 5.73 Å². The Hall–Kier alpha value is -2.51. The van der Waals surface area contributed by atoms with Crippen molar-refractivity contribution in [2.24, 2.45) is 0 Å². The summed E-state index contributed by atoms with van der Waals surface area (Å²) < 4.78 is 38.2. The van der Waals surface area contributed by atoms with Crippen LogP contribution < -0.4 is 11.1 Å². The number of nitrogen functional groups attached to an aromatic ring is 1. The number of alkyl halides is 3. The van der Waals surface area contributed by atoms with Crippen LogP contribution in [0.15, 0.2) is 24.4 Å². The van der Waals surface area contributed by atoms with Crippen LogP contribution >= 0.6 is 0 Å². The van der Waals surface area contributed by atoms with Gasteiger partial charge in [-0.05, 0) is 19.1 Å². The molecule has 5 nitrogen and oxygen atoms in total. The molecule has 1 aromatic carbocycles. The van der Waals surface area contributed by atoms with Crippen LogP contribution in [0.2, 0.25) is 0 Å². The van der Waals surface area contributed by atoms with Gasteiger partial charge in [-0.2, -0.15) is 18.3 Å². The van der Waals surface area contributed by atoms with Crippen LogP contribution in [0.25, 0.3) is 0 Å². The van der Waals surface area contributed by atoms with E-state index in [9.17, 15) is 18.0 Å². The van der Waals surface area contributed by atoms with Crippen LogP contribution in [0, 0.1) is 6.92 Å². The number of aromatic nitrogens is 2. The smallest absolute Gasteiger partial charge is 0.398 e. The largest absolute Gasteiger partial charge is 0.418 e. The Morgan fingerprint density at radius 3 is 2.71 bits per heavy atom. The van der Waals surface area contributed by atoms with Gasteiger partial charge in [0, 0.05) is 17.8 Å².